The van der Waals surface area contributed by atoms with Crippen molar-refractivity contribution in [3.05, 3.63) is 60.2 Å². The molecule has 25 heavy (non-hydrogen) atoms. The predicted octanol–water partition coefficient (Wildman–Crippen LogP) is 1.98. The Balaban J connectivity index is 1.87. The summed E-state index contributed by atoms with van der Waals surface area (Å²) in [6.07, 6.45) is 0. The van der Waals surface area contributed by atoms with Gasteiger partial charge in [-0.15, -0.1) is 0 Å². The molecule has 2 aromatic carbocycles. The number of amides is 1. The van der Waals surface area contributed by atoms with E-state index in [9.17, 15) is 13.2 Å². The lowest BCUT2D eigenvalue weighted by atomic mass is 10.2. The number of ether oxygens (including phenoxy) is 1. The van der Waals surface area contributed by atoms with Gasteiger partial charge in [-0.05, 0) is 30.3 Å². The van der Waals surface area contributed by atoms with Gasteiger partial charge in [0.1, 0.15) is 0 Å². The van der Waals surface area contributed by atoms with Crippen LogP contribution in [0, 0.1) is 0 Å². The van der Waals surface area contributed by atoms with Gasteiger partial charge in [0, 0.05) is 31.4 Å². The largest absolute Gasteiger partial charge is 0.379 e. The maximum atomic E-state index is 12.7. The summed E-state index contributed by atoms with van der Waals surface area (Å²) in [5.41, 5.74) is 1.08. The van der Waals surface area contributed by atoms with Crippen LogP contribution in [0.2, 0.25) is 0 Å². The summed E-state index contributed by atoms with van der Waals surface area (Å²) in [6.45, 7) is 1.41. The van der Waals surface area contributed by atoms with Crippen LogP contribution >= 0.6 is 0 Å². The molecule has 132 valence electrons. The smallest absolute Gasteiger partial charge is 0.258 e. The van der Waals surface area contributed by atoms with E-state index in [-0.39, 0.29) is 10.8 Å². The second-order valence-corrected chi connectivity index (χ2v) is 7.68. The van der Waals surface area contributed by atoms with Crippen molar-refractivity contribution in [3.8, 4) is 0 Å². The number of para-hydroxylation sites is 1. The number of hydrogen-bond donors (Lipinski definition) is 0. The normalized spacial score (nSPS) is 15.7. The van der Waals surface area contributed by atoms with E-state index in [0.29, 0.717) is 31.9 Å². The molecule has 0 aromatic heterocycles. The van der Waals surface area contributed by atoms with Crippen molar-refractivity contribution in [1.82, 2.24) is 4.31 Å². The molecule has 3 rings (SSSR count). The van der Waals surface area contributed by atoms with Crippen molar-refractivity contribution in [1.29, 1.82) is 0 Å². The summed E-state index contributed by atoms with van der Waals surface area (Å²) in [5, 5.41) is 0. The Labute approximate surface area is 147 Å². The monoisotopic (exact) mass is 360 g/mol. The quantitative estimate of drug-likeness (QED) is 0.836. The first-order valence-electron chi connectivity index (χ1n) is 8.01. The first kappa shape index (κ1) is 17.6. The molecule has 2 aromatic rings. The highest BCUT2D eigenvalue weighted by Gasteiger charge is 2.27. The number of carbonyl (C=O) groups excluding carboxylic acids is 1. The Bertz CT molecular complexity index is 846. The van der Waals surface area contributed by atoms with Gasteiger partial charge < -0.3 is 9.64 Å². The Hall–Kier alpha value is -2.22. The SMILES string of the molecule is CN(C(=O)c1cccc(S(=O)(=O)N2CCOCC2)c1)c1ccccc1. The molecule has 0 N–H and O–H groups in total. The van der Waals surface area contributed by atoms with E-state index in [2.05, 4.69) is 0 Å². The fraction of sp³-hybridized carbons (Fsp3) is 0.278. The van der Waals surface area contributed by atoms with E-state index in [0.717, 1.165) is 5.69 Å². The number of nitrogens with zero attached hydrogens (tertiary/aromatic N) is 2. The molecule has 7 heteroatoms. The van der Waals surface area contributed by atoms with E-state index in [1.807, 2.05) is 30.3 Å². The van der Waals surface area contributed by atoms with Gasteiger partial charge in [0.25, 0.3) is 5.91 Å². The number of benzene rings is 2. The minimum atomic E-state index is -3.63. The van der Waals surface area contributed by atoms with E-state index >= 15 is 0 Å². The number of carbonyl (C=O) groups is 1. The second kappa shape index (κ2) is 7.35. The summed E-state index contributed by atoms with van der Waals surface area (Å²) in [7, 11) is -1.96. The molecule has 0 radical (unpaired) electrons. The average Bonchev–Trinajstić information content (AvgIpc) is 2.68. The lowest BCUT2D eigenvalue weighted by Crippen LogP contribution is -2.40. The highest BCUT2D eigenvalue weighted by molar-refractivity contribution is 7.89. The summed E-state index contributed by atoms with van der Waals surface area (Å²) in [4.78, 5) is 14.3. The number of anilines is 1. The third kappa shape index (κ3) is 3.73. The van der Waals surface area contributed by atoms with E-state index < -0.39 is 10.0 Å². The van der Waals surface area contributed by atoms with Gasteiger partial charge in [-0.1, -0.05) is 24.3 Å². The Morgan fingerprint density at radius 3 is 2.40 bits per heavy atom. The number of hydrogen-bond acceptors (Lipinski definition) is 4. The molecule has 0 saturated carbocycles. The zero-order chi connectivity index (χ0) is 17.9. The van der Waals surface area contributed by atoms with Crippen molar-refractivity contribution >= 4 is 21.6 Å². The summed E-state index contributed by atoms with van der Waals surface area (Å²) < 4.78 is 32.1. The first-order chi connectivity index (χ1) is 12.0. The summed E-state index contributed by atoms with van der Waals surface area (Å²) in [5.74, 6) is -0.259. The molecule has 1 aliphatic rings. The Morgan fingerprint density at radius 2 is 1.72 bits per heavy atom. The highest BCUT2D eigenvalue weighted by atomic mass is 32.2. The van der Waals surface area contributed by atoms with E-state index in [1.165, 1.54) is 21.3 Å². The number of rotatable bonds is 4. The molecule has 6 nitrogen and oxygen atoms in total. The molecule has 0 bridgehead atoms. The second-order valence-electron chi connectivity index (χ2n) is 5.74. The van der Waals surface area contributed by atoms with Crippen molar-refractivity contribution in [2.45, 2.75) is 4.90 Å². The first-order valence-corrected chi connectivity index (χ1v) is 9.45. The van der Waals surface area contributed by atoms with Gasteiger partial charge in [-0.2, -0.15) is 4.31 Å². The maximum Gasteiger partial charge on any atom is 0.258 e. The molecule has 1 aliphatic heterocycles. The van der Waals surface area contributed by atoms with Crippen molar-refractivity contribution in [2.24, 2.45) is 0 Å². The van der Waals surface area contributed by atoms with Gasteiger partial charge in [-0.25, -0.2) is 8.42 Å². The third-order valence-corrected chi connectivity index (χ3v) is 6.03. The third-order valence-electron chi connectivity index (χ3n) is 4.14. The fourth-order valence-electron chi connectivity index (χ4n) is 2.69. The lowest BCUT2D eigenvalue weighted by molar-refractivity contribution is 0.0730. The van der Waals surface area contributed by atoms with Crippen LogP contribution in [0.4, 0.5) is 5.69 Å². The van der Waals surface area contributed by atoms with Crippen LogP contribution in [0.3, 0.4) is 0 Å². The number of sulfonamides is 1. The van der Waals surface area contributed by atoms with Gasteiger partial charge in [-0.3, -0.25) is 4.79 Å². The predicted molar refractivity (Wildman–Crippen MR) is 95.2 cm³/mol. The maximum absolute atomic E-state index is 12.7. The van der Waals surface area contributed by atoms with Crippen LogP contribution in [-0.2, 0) is 14.8 Å². The van der Waals surface area contributed by atoms with Gasteiger partial charge >= 0.3 is 0 Å². The van der Waals surface area contributed by atoms with Gasteiger partial charge in [0.2, 0.25) is 10.0 Å². The minimum absolute atomic E-state index is 0.127. The fourth-order valence-corrected chi connectivity index (χ4v) is 4.14. The average molecular weight is 360 g/mol. The van der Waals surface area contributed by atoms with Gasteiger partial charge in [0.15, 0.2) is 0 Å². The molecular weight excluding hydrogens is 340 g/mol. The Morgan fingerprint density at radius 1 is 1.04 bits per heavy atom. The van der Waals surface area contributed by atoms with Crippen LogP contribution in [-0.4, -0.2) is 52.0 Å². The molecule has 1 fully saturated rings. The molecule has 0 atom stereocenters. The van der Waals surface area contributed by atoms with Gasteiger partial charge in [0.05, 0.1) is 18.1 Å². The highest BCUT2D eigenvalue weighted by Crippen LogP contribution is 2.20. The zero-order valence-electron chi connectivity index (χ0n) is 14.0. The molecule has 1 heterocycles. The van der Waals surface area contributed by atoms with Crippen LogP contribution in [0.15, 0.2) is 59.5 Å². The lowest BCUT2D eigenvalue weighted by Gasteiger charge is -2.26. The summed E-state index contributed by atoms with van der Waals surface area (Å²) in [6, 6.07) is 15.4. The van der Waals surface area contributed by atoms with E-state index in [4.69, 9.17) is 4.74 Å². The topological polar surface area (TPSA) is 66.9 Å². The molecule has 0 spiro atoms. The molecular formula is C18H20N2O4S. The van der Waals surface area contributed by atoms with Crippen LogP contribution in [0.5, 0.6) is 0 Å². The van der Waals surface area contributed by atoms with Crippen LogP contribution in [0.1, 0.15) is 10.4 Å². The number of morpholine rings is 1. The minimum Gasteiger partial charge on any atom is -0.379 e. The van der Waals surface area contributed by atoms with E-state index in [1.54, 1.807) is 19.2 Å². The van der Waals surface area contributed by atoms with Crippen molar-refractivity contribution in [2.75, 3.05) is 38.3 Å². The van der Waals surface area contributed by atoms with Crippen LogP contribution < -0.4 is 4.90 Å². The molecule has 1 amide bonds. The van der Waals surface area contributed by atoms with Crippen LogP contribution in [0.25, 0.3) is 0 Å². The van der Waals surface area contributed by atoms with Crippen molar-refractivity contribution < 1.29 is 17.9 Å². The standard InChI is InChI=1S/C18H20N2O4S/c1-19(16-7-3-2-4-8-16)18(21)15-6-5-9-17(14-15)25(22,23)20-10-12-24-13-11-20/h2-9,14H,10-13H2,1H3. The Kier molecular flexibility index (Phi) is 5.17. The summed E-state index contributed by atoms with van der Waals surface area (Å²) >= 11 is 0. The molecule has 0 unspecified atom stereocenters. The zero-order valence-corrected chi connectivity index (χ0v) is 14.8. The van der Waals surface area contributed by atoms with Crippen molar-refractivity contribution in [3.63, 3.8) is 0 Å². The molecule has 1 saturated heterocycles. The molecule has 0 aliphatic carbocycles.